The maximum absolute atomic E-state index is 13.2. The van der Waals surface area contributed by atoms with Crippen LogP contribution in [0.5, 0.6) is 5.75 Å². The summed E-state index contributed by atoms with van der Waals surface area (Å²) in [5.74, 6) is -1.22. The van der Waals surface area contributed by atoms with Crippen molar-refractivity contribution in [2.45, 2.75) is 58.8 Å². The Morgan fingerprint density at radius 3 is 2.16 bits per heavy atom. The van der Waals surface area contributed by atoms with Gasteiger partial charge in [-0.05, 0) is 57.9 Å². The molecular weight excluding hydrogens is 476 g/mol. The second-order valence-electron chi connectivity index (χ2n) is 9.45. The molecule has 0 saturated heterocycles. The Hall–Kier alpha value is -4.01. The van der Waals surface area contributed by atoms with Gasteiger partial charge in [0, 0.05) is 29.6 Å². The van der Waals surface area contributed by atoms with Crippen LogP contribution in [0.4, 0.5) is 4.79 Å². The molecule has 0 aliphatic rings. The molecule has 3 aromatic rings. The largest absolute Gasteiger partial charge is 0.489 e. The standard InChI is InChI=1S/C28H34N2O7/c1-6-34-24(31)28(25(32)35-7-2,30-26(33)37-27(3,4)5)16-20-17-29-23-15-21(13-14-22(20)23)36-18-19-11-9-8-10-12-19/h8-15,17,29H,6-7,16,18H2,1-5H3,(H,30,33). The molecule has 0 aliphatic carbocycles. The van der Waals surface area contributed by atoms with Crippen LogP contribution in [0.3, 0.4) is 0 Å². The number of carbonyl (C=O) groups excluding carboxylic acids is 3. The summed E-state index contributed by atoms with van der Waals surface area (Å²) >= 11 is 0. The van der Waals surface area contributed by atoms with Crippen molar-refractivity contribution in [3.63, 3.8) is 0 Å². The minimum Gasteiger partial charge on any atom is -0.489 e. The van der Waals surface area contributed by atoms with Gasteiger partial charge in [-0.2, -0.15) is 0 Å². The molecule has 0 saturated carbocycles. The molecule has 1 aromatic heterocycles. The van der Waals surface area contributed by atoms with Gasteiger partial charge in [-0.3, -0.25) is 5.32 Å². The number of hydrogen-bond donors (Lipinski definition) is 2. The first-order chi connectivity index (χ1) is 17.6. The predicted molar refractivity (Wildman–Crippen MR) is 138 cm³/mol. The van der Waals surface area contributed by atoms with Crippen LogP contribution in [-0.2, 0) is 36.8 Å². The third kappa shape index (κ3) is 7.03. The van der Waals surface area contributed by atoms with Crippen molar-refractivity contribution >= 4 is 28.9 Å². The Morgan fingerprint density at radius 2 is 1.57 bits per heavy atom. The Morgan fingerprint density at radius 1 is 0.919 bits per heavy atom. The fourth-order valence-corrected chi connectivity index (χ4v) is 3.79. The third-order valence-electron chi connectivity index (χ3n) is 5.40. The number of rotatable bonds is 10. The van der Waals surface area contributed by atoms with Gasteiger partial charge in [0.2, 0.25) is 5.54 Å². The molecule has 1 amide bonds. The van der Waals surface area contributed by atoms with E-state index in [0.717, 1.165) is 16.5 Å². The zero-order chi connectivity index (χ0) is 27.1. The fraction of sp³-hybridized carbons (Fsp3) is 0.393. The van der Waals surface area contributed by atoms with Gasteiger partial charge >= 0.3 is 18.0 Å². The number of hydrogen-bond acceptors (Lipinski definition) is 7. The highest BCUT2D eigenvalue weighted by Crippen LogP contribution is 2.28. The lowest BCUT2D eigenvalue weighted by Gasteiger charge is -2.31. The van der Waals surface area contributed by atoms with Gasteiger partial charge in [0.15, 0.2) is 0 Å². The first-order valence-corrected chi connectivity index (χ1v) is 12.2. The van der Waals surface area contributed by atoms with Gasteiger partial charge < -0.3 is 23.9 Å². The number of benzene rings is 2. The van der Waals surface area contributed by atoms with Crippen molar-refractivity contribution in [1.82, 2.24) is 10.3 Å². The summed E-state index contributed by atoms with van der Waals surface area (Å²) in [5, 5.41) is 3.21. The molecule has 1 heterocycles. The monoisotopic (exact) mass is 510 g/mol. The number of nitrogens with one attached hydrogen (secondary N) is 2. The highest BCUT2D eigenvalue weighted by atomic mass is 16.6. The summed E-state index contributed by atoms with van der Waals surface area (Å²) < 4.78 is 21.7. The van der Waals surface area contributed by atoms with Crippen LogP contribution in [0, 0.1) is 0 Å². The lowest BCUT2D eigenvalue weighted by molar-refractivity contribution is -0.166. The van der Waals surface area contributed by atoms with E-state index in [4.69, 9.17) is 18.9 Å². The van der Waals surface area contributed by atoms with Crippen LogP contribution in [0.25, 0.3) is 10.9 Å². The average Bonchev–Trinajstić information content (AvgIpc) is 3.23. The van der Waals surface area contributed by atoms with Gasteiger partial charge in [-0.1, -0.05) is 30.3 Å². The lowest BCUT2D eigenvalue weighted by Crippen LogP contribution is -2.63. The Bertz CT molecular complexity index is 1210. The van der Waals surface area contributed by atoms with E-state index in [1.165, 1.54) is 0 Å². The number of aromatic amines is 1. The van der Waals surface area contributed by atoms with Gasteiger partial charge in [-0.15, -0.1) is 0 Å². The molecule has 0 aliphatic heterocycles. The van der Waals surface area contributed by atoms with Crippen LogP contribution < -0.4 is 10.1 Å². The van der Waals surface area contributed by atoms with Crippen molar-refractivity contribution in [1.29, 1.82) is 0 Å². The van der Waals surface area contributed by atoms with E-state index >= 15 is 0 Å². The van der Waals surface area contributed by atoms with E-state index in [1.807, 2.05) is 42.5 Å². The molecular formula is C28H34N2O7. The average molecular weight is 511 g/mol. The number of H-pyrrole nitrogens is 1. The van der Waals surface area contributed by atoms with E-state index in [9.17, 15) is 14.4 Å². The maximum Gasteiger partial charge on any atom is 0.409 e. The Balaban J connectivity index is 1.93. The normalized spacial score (nSPS) is 11.6. The second-order valence-corrected chi connectivity index (χ2v) is 9.45. The minimum atomic E-state index is -2.15. The molecule has 3 rings (SSSR count). The van der Waals surface area contributed by atoms with Gasteiger partial charge in [0.05, 0.1) is 13.2 Å². The molecule has 0 atom stereocenters. The molecule has 0 spiro atoms. The number of alkyl carbamates (subject to hydrolysis) is 1. The van der Waals surface area contributed by atoms with Gasteiger partial charge in [0.1, 0.15) is 18.0 Å². The van der Waals surface area contributed by atoms with Crippen LogP contribution in [0.15, 0.2) is 54.7 Å². The van der Waals surface area contributed by atoms with Crippen LogP contribution in [-0.4, -0.2) is 47.4 Å². The highest BCUT2D eigenvalue weighted by Gasteiger charge is 2.51. The molecule has 198 valence electrons. The third-order valence-corrected chi connectivity index (χ3v) is 5.40. The molecule has 9 nitrogen and oxygen atoms in total. The van der Waals surface area contributed by atoms with Crippen molar-refractivity contribution < 1.29 is 33.3 Å². The van der Waals surface area contributed by atoms with Crippen LogP contribution >= 0.6 is 0 Å². The molecule has 37 heavy (non-hydrogen) atoms. The quantitative estimate of drug-likeness (QED) is 0.231. The van der Waals surface area contributed by atoms with E-state index in [0.29, 0.717) is 17.9 Å². The van der Waals surface area contributed by atoms with Crippen molar-refractivity contribution in [2.24, 2.45) is 0 Å². The summed E-state index contributed by atoms with van der Waals surface area (Å²) in [7, 11) is 0. The molecule has 9 heteroatoms. The summed E-state index contributed by atoms with van der Waals surface area (Å²) in [5.41, 5.74) is -0.625. The lowest BCUT2D eigenvalue weighted by atomic mass is 9.90. The predicted octanol–water partition coefficient (Wildman–Crippen LogP) is 4.68. The van der Waals surface area contributed by atoms with E-state index in [-0.39, 0.29) is 19.6 Å². The second kappa shape index (κ2) is 11.8. The fourth-order valence-electron chi connectivity index (χ4n) is 3.79. The number of amides is 1. The summed E-state index contributed by atoms with van der Waals surface area (Å²) in [6.07, 6.45) is 0.522. The molecule has 2 aromatic carbocycles. The number of aromatic nitrogens is 1. The van der Waals surface area contributed by atoms with E-state index in [1.54, 1.807) is 46.9 Å². The summed E-state index contributed by atoms with van der Waals surface area (Å²) in [4.78, 5) is 42.3. The Labute approximate surface area is 216 Å². The zero-order valence-corrected chi connectivity index (χ0v) is 21.9. The van der Waals surface area contributed by atoms with Gasteiger partial charge in [-0.25, -0.2) is 14.4 Å². The molecule has 0 bridgehead atoms. The first kappa shape index (κ1) is 27.6. The topological polar surface area (TPSA) is 116 Å². The number of carbonyl (C=O) groups is 3. The van der Waals surface area contributed by atoms with E-state index in [2.05, 4.69) is 10.3 Å². The van der Waals surface area contributed by atoms with Crippen molar-refractivity contribution in [2.75, 3.05) is 13.2 Å². The first-order valence-electron chi connectivity index (χ1n) is 12.2. The maximum atomic E-state index is 13.2. The Kier molecular flexibility index (Phi) is 8.81. The minimum absolute atomic E-state index is 0.00594. The van der Waals surface area contributed by atoms with Gasteiger partial charge in [0.25, 0.3) is 0 Å². The van der Waals surface area contributed by atoms with Crippen LogP contribution in [0.1, 0.15) is 45.7 Å². The van der Waals surface area contributed by atoms with E-state index < -0.39 is 29.2 Å². The number of ether oxygens (including phenoxy) is 4. The van der Waals surface area contributed by atoms with Crippen molar-refractivity contribution in [3.8, 4) is 5.75 Å². The molecule has 2 N–H and O–H groups in total. The molecule has 0 radical (unpaired) electrons. The number of esters is 2. The SMILES string of the molecule is CCOC(=O)C(Cc1c[nH]c2cc(OCc3ccccc3)ccc12)(NC(=O)OC(C)(C)C)C(=O)OCC. The zero-order valence-electron chi connectivity index (χ0n) is 21.9. The summed E-state index contributed by atoms with van der Waals surface area (Å²) in [6, 6.07) is 15.3. The number of fused-ring (bicyclic) bond motifs is 1. The van der Waals surface area contributed by atoms with Crippen molar-refractivity contribution in [3.05, 3.63) is 65.9 Å². The van der Waals surface area contributed by atoms with Crippen LogP contribution in [0.2, 0.25) is 0 Å². The smallest absolute Gasteiger partial charge is 0.409 e. The summed E-state index contributed by atoms with van der Waals surface area (Å²) in [6.45, 7) is 8.70. The molecule has 0 fully saturated rings. The highest BCUT2D eigenvalue weighted by molar-refractivity contribution is 6.08. The molecule has 0 unspecified atom stereocenters.